The van der Waals surface area contributed by atoms with E-state index in [2.05, 4.69) is 28.1 Å². The van der Waals surface area contributed by atoms with E-state index in [-0.39, 0.29) is 22.4 Å². The van der Waals surface area contributed by atoms with E-state index in [1.54, 1.807) is 0 Å². The molecule has 2 aromatic rings. The molecule has 4 N–H and O–H groups in total. The van der Waals surface area contributed by atoms with Crippen LogP contribution in [0.1, 0.15) is 17.5 Å². The van der Waals surface area contributed by atoms with Crippen molar-refractivity contribution in [3.8, 4) is 0 Å². The summed E-state index contributed by atoms with van der Waals surface area (Å²) < 4.78 is 28.8. The Kier molecular flexibility index (Phi) is 6.77. The van der Waals surface area contributed by atoms with Gasteiger partial charge in [0.1, 0.15) is 11.6 Å². The van der Waals surface area contributed by atoms with Crippen LogP contribution in [0.2, 0.25) is 5.02 Å². The van der Waals surface area contributed by atoms with Gasteiger partial charge in [0.25, 0.3) is 0 Å². The first kappa shape index (κ1) is 20.4. The summed E-state index contributed by atoms with van der Waals surface area (Å²) in [5.41, 5.74) is 8.80. The average Bonchev–Trinajstić information content (AvgIpc) is 3.12. The Bertz CT molecular complexity index is 893. The predicted octanol–water partition coefficient (Wildman–Crippen LogP) is 3.15. The highest BCUT2D eigenvalue weighted by molar-refractivity contribution is 7.80. The van der Waals surface area contributed by atoms with E-state index >= 15 is 0 Å². The van der Waals surface area contributed by atoms with Gasteiger partial charge < -0.3 is 16.0 Å². The van der Waals surface area contributed by atoms with Crippen molar-refractivity contribution in [3.63, 3.8) is 0 Å². The largest absolute Gasteiger partial charge is 0.375 e. The Balaban J connectivity index is 1.63. The Morgan fingerprint density at radius 3 is 2.86 bits per heavy atom. The summed E-state index contributed by atoms with van der Waals surface area (Å²) >= 11 is 10.8. The van der Waals surface area contributed by atoms with Crippen LogP contribution in [-0.2, 0) is 6.54 Å². The first-order valence-corrected chi connectivity index (χ1v) is 9.52. The summed E-state index contributed by atoms with van der Waals surface area (Å²) in [6.45, 7) is 1.84. The average molecular weight is 424 g/mol. The van der Waals surface area contributed by atoms with Gasteiger partial charge in [-0.05, 0) is 36.3 Å². The van der Waals surface area contributed by atoms with Gasteiger partial charge in [0.2, 0.25) is 0 Å². The van der Waals surface area contributed by atoms with Crippen molar-refractivity contribution in [1.82, 2.24) is 10.7 Å². The molecule has 9 heteroatoms. The maximum absolute atomic E-state index is 14.5. The van der Waals surface area contributed by atoms with Gasteiger partial charge >= 0.3 is 0 Å². The van der Waals surface area contributed by atoms with Gasteiger partial charge in [-0.1, -0.05) is 29.8 Å². The molecule has 1 aliphatic rings. The van der Waals surface area contributed by atoms with Gasteiger partial charge in [-0.25, -0.2) is 8.78 Å². The number of anilines is 1. The van der Waals surface area contributed by atoms with Crippen LogP contribution in [0.4, 0.5) is 14.5 Å². The van der Waals surface area contributed by atoms with Crippen LogP contribution in [0.5, 0.6) is 0 Å². The van der Waals surface area contributed by atoms with Crippen LogP contribution in [0.25, 0.3) is 0 Å². The fourth-order valence-electron chi connectivity index (χ4n) is 3.10. The zero-order valence-corrected chi connectivity index (χ0v) is 16.5. The van der Waals surface area contributed by atoms with Gasteiger partial charge in [0, 0.05) is 42.3 Å². The van der Waals surface area contributed by atoms with Crippen LogP contribution in [0.15, 0.2) is 41.5 Å². The highest BCUT2D eigenvalue weighted by Crippen LogP contribution is 2.26. The molecule has 1 atom stereocenters. The SMILES string of the molecule is NC(=S)NN=Cc1cc(F)c(N2CC[C@@H](NCc3ccccc3Cl)C2)cc1F. The second-order valence-electron chi connectivity index (χ2n) is 6.46. The highest BCUT2D eigenvalue weighted by Gasteiger charge is 2.25. The number of nitrogens with one attached hydrogen (secondary N) is 2. The van der Waals surface area contributed by atoms with Crippen LogP contribution >= 0.6 is 23.8 Å². The van der Waals surface area contributed by atoms with E-state index in [0.29, 0.717) is 24.7 Å². The molecule has 1 fully saturated rings. The van der Waals surface area contributed by atoms with Crippen LogP contribution < -0.4 is 21.4 Å². The first-order valence-electron chi connectivity index (χ1n) is 8.73. The normalized spacial score (nSPS) is 16.7. The maximum Gasteiger partial charge on any atom is 0.184 e. The van der Waals surface area contributed by atoms with Crippen molar-refractivity contribution < 1.29 is 8.78 Å². The number of nitrogens with two attached hydrogens (primary N) is 1. The molecular formula is C19H20ClF2N5S. The molecule has 0 aromatic heterocycles. The summed E-state index contributed by atoms with van der Waals surface area (Å²) in [6, 6.07) is 10.1. The minimum absolute atomic E-state index is 0.0117. The van der Waals surface area contributed by atoms with Crippen molar-refractivity contribution in [3.05, 3.63) is 64.2 Å². The summed E-state index contributed by atoms with van der Waals surface area (Å²) in [4.78, 5) is 1.83. The van der Waals surface area contributed by atoms with Gasteiger partial charge in [0.15, 0.2) is 5.11 Å². The van der Waals surface area contributed by atoms with Crippen LogP contribution in [-0.4, -0.2) is 30.5 Å². The predicted molar refractivity (Wildman–Crippen MR) is 113 cm³/mol. The second-order valence-corrected chi connectivity index (χ2v) is 7.31. The van der Waals surface area contributed by atoms with Crippen molar-refractivity contribution >= 4 is 40.8 Å². The van der Waals surface area contributed by atoms with E-state index in [9.17, 15) is 8.78 Å². The number of halogens is 3. The van der Waals surface area contributed by atoms with Crippen molar-refractivity contribution in [2.24, 2.45) is 10.8 Å². The summed E-state index contributed by atoms with van der Waals surface area (Å²) in [5, 5.41) is 7.74. The van der Waals surface area contributed by atoms with E-state index in [4.69, 9.17) is 17.3 Å². The van der Waals surface area contributed by atoms with Gasteiger partial charge in [-0.15, -0.1) is 0 Å². The lowest BCUT2D eigenvalue weighted by atomic mass is 10.2. The third kappa shape index (κ3) is 5.15. The Hall–Kier alpha value is -2.29. The Morgan fingerprint density at radius 2 is 2.11 bits per heavy atom. The molecule has 0 bridgehead atoms. The molecule has 1 heterocycles. The fourth-order valence-corrected chi connectivity index (χ4v) is 3.36. The molecule has 0 unspecified atom stereocenters. The van der Waals surface area contributed by atoms with Crippen molar-refractivity contribution in [1.29, 1.82) is 0 Å². The van der Waals surface area contributed by atoms with Crippen LogP contribution in [0.3, 0.4) is 0 Å². The lowest BCUT2D eigenvalue weighted by Gasteiger charge is -2.20. The van der Waals surface area contributed by atoms with E-state index in [0.717, 1.165) is 24.3 Å². The smallest absolute Gasteiger partial charge is 0.184 e. The molecule has 2 aromatic carbocycles. The fraction of sp³-hybridized carbons (Fsp3) is 0.263. The van der Waals surface area contributed by atoms with Crippen molar-refractivity contribution in [2.45, 2.75) is 19.0 Å². The molecule has 3 rings (SSSR count). The number of hydrogen-bond donors (Lipinski definition) is 3. The molecule has 0 radical (unpaired) electrons. The molecule has 5 nitrogen and oxygen atoms in total. The summed E-state index contributed by atoms with van der Waals surface area (Å²) in [7, 11) is 0. The van der Waals surface area contributed by atoms with E-state index < -0.39 is 11.6 Å². The number of nitrogens with zero attached hydrogens (tertiary/aromatic N) is 2. The molecule has 0 spiro atoms. The zero-order chi connectivity index (χ0) is 20.1. The second kappa shape index (κ2) is 9.27. The Labute approximate surface area is 172 Å². The number of benzene rings is 2. The first-order chi connectivity index (χ1) is 13.4. The number of hydrazone groups is 1. The molecule has 1 saturated heterocycles. The van der Waals surface area contributed by atoms with Crippen LogP contribution in [0, 0.1) is 11.6 Å². The standard InChI is InChI=1S/C19H20ClF2N5S/c20-15-4-2-1-3-12(15)9-24-14-5-6-27(11-14)18-8-16(21)13(7-17(18)22)10-25-26-19(23)28/h1-4,7-8,10,14,24H,5-6,9,11H2,(H3,23,26,28)/t14-/m1/s1. The minimum atomic E-state index is -0.572. The molecule has 148 valence electrons. The molecule has 0 amide bonds. The van der Waals surface area contributed by atoms with Gasteiger partial charge in [-0.2, -0.15) is 5.10 Å². The van der Waals surface area contributed by atoms with E-state index in [1.165, 1.54) is 6.07 Å². The number of rotatable bonds is 6. The van der Waals surface area contributed by atoms with Gasteiger partial charge in [0.05, 0.1) is 11.9 Å². The molecule has 1 aliphatic heterocycles. The number of hydrogen-bond acceptors (Lipinski definition) is 4. The third-order valence-electron chi connectivity index (χ3n) is 4.51. The van der Waals surface area contributed by atoms with Gasteiger partial charge in [-0.3, -0.25) is 5.43 Å². The van der Waals surface area contributed by atoms with Crippen molar-refractivity contribution in [2.75, 3.05) is 18.0 Å². The lowest BCUT2D eigenvalue weighted by molar-refractivity contribution is 0.550. The minimum Gasteiger partial charge on any atom is -0.375 e. The highest BCUT2D eigenvalue weighted by atomic mass is 35.5. The zero-order valence-electron chi connectivity index (χ0n) is 15.0. The third-order valence-corrected chi connectivity index (χ3v) is 4.97. The molecular weight excluding hydrogens is 404 g/mol. The van der Waals surface area contributed by atoms with E-state index in [1.807, 2.05) is 29.2 Å². The maximum atomic E-state index is 14.5. The lowest BCUT2D eigenvalue weighted by Crippen LogP contribution is -2.32. The summed E-state index contributed by atoms with van der Waals surface area (Å²) in [5.74, 6) is -1.08. The quantitative estimate of drug-likeness (QED) is 0.378. The topological polar surface area (TPSA) is 65.7 Å². The molecule has 0 aliphatic carbocycles. The monoisotopic (exact) mass is 423 g/mol. The Morgan fingerprint density at radius 1 is 1.32 bits per heavy atom. The number of thiocarbonyl (C=S) groups is 1. The summed E-state index contributed by atoms with van der Waals surface area (Å²) in [6.07, 6.45) is 1.96. The molecule has 28 heavy (non-hydrogen) atoms. The molecule has 0 saturated carbocycles.